The third kappa shape index (κ3) is 4.44. The zero-order valence-corrected chi connectivity index (χ0v) is 12.5. The van der Waals surface area contributed by atoms with Crippen LogP contribution < -0.4 is 5.32 Å². The summed E-state index contributed by atoms with van der Waals surface area (Å²) in [5, 5.41) is 2.47. The molecule has 23 heavy (non-hydrogen) atoms. The van der Waals surface area contributed by atoms with Crippen molar-refractivity contribution in [2.24, 2.45) is 0 Å². The van der Waals surface area contributed by atoms with Crippen LogP contribution in [0.3, 0.4) is 0 Å². The van der Waals surface area contributed by atoms with Gasteiger partial charge in [-0.15, -0.1) is 0 Å². The lowest BCUT2D eigenvalue weighted by Crippen LogP contribution is -2.45. The molecule has 0 aliphatic carbocycles. The lowest BCUT2D eigenvalue weighted by atomic mass is 10.1. The molecule has 0 aromatic heterocycles. The van der Waals surface area contributed by atoms with Gasteiger partial charge < -0.3 is 15.0 Å². The van der Waals surface area contributed by atoms with Crippen LogP contribution in [-0.4, -0.2) is 49.1 Å². The minimum atomic E-state index is -4.45. The molecular weight excluding hydrogens is 313 g/mol. The quantitative estimate of drug-likeness (QED) is 0.893. The third-order valence-corrected chi connectivity index (χ3v) is 3.56. The van der Waals surface area contributed by atoms with Crippen LogP contribution in [0.1, 0.15) is 18.1 Å². The van der Waals surface area contributed by atoms with Crippen LogP contribution in [0.15, 0.2) is 30.3 Å². The zero-order chi connectivity index (χ0) is 17.0. The fourth-order valence-electron chi connectivity index (χ4n) is 2.52. The number of alkyl halides is 3. The zero-order valence-electron chi connectivity index (χ0n) is 12.5. The molecule has 2 amide bonds. The molecule has 126 valence electrons. The van der Waals surface area contributed by atoms with Crippen molar-refractivity contribution < 1.29 is 27.5 Å². The van der Waals surface area contributed by atoms with Gasteiger partial charge in [-0.3, -0.25) is 9.59 Å². The van der Waals surface area contributed by atoms with Crippen LogP contribution in [0.4, 0.5) is 13.2 Å². The molecule has 0 bridgehead atoms. The van der Waals surface area contributed by atoms with Crippen LogP contribution >= 0.6 is 0 Å². The molecule has 5 nitrogen and oxygen atoms in total. The summed E-state index contributed by atoms with van der Waals surface area (Å²) in [4.78, 5) is 24.9. The van der Waals surface area contributed by atoms with E-state index in [1.54, 1.807) is 30.3 Å². The van der Waals surface area contributed by atoms with E-state index in [1.807, 2.05) is 0 Å². The first-order valence-electron chi connectivity index (χ1n) is 7.05. The van der Waals surface area contributed by atoms with E-state index in [1.165, 1.54) is 7.11 Å². The number of halogens is 3. The van der Waals surface area contributed by atoms with E-state index in [9.17, 15) is 22.8 Å². The van der Waals surface area contributed by atoms with Crippen molar-refractivity contribution in [3.8, 4) is 0 Å². The Labute approximate surface area is 131 Å². The molecule has 0 spiro atoms. The first kappa shape index (κ1) is 17.3. The van der Waals surface area contributed by atoms with Gasteiger partial charge in [0.05, 0.1) is 0 Å². The van der Waals surface area contributed by atoms with Gasteiger partial charge in [0.1, 0.15) is 12.6 Å². The maximum absolute atomic E-state index is 12.4. The van der Waals surface area contributed by atoms with Crippen molar-refractivity contribution >= 4 is 11.8 Å². The van der Waals surface area contributed by atoms with Crippen LogP contribution in [0, 0.1) is 0 Å². The molecule has 1 heterocycles. The fraction of sp³-hybridized carbons (Fsp3) is 0.467. The van der Waals surface area contributed by atoms with Crippen molar-refractivity contribution in [2.75, 3.05) is 20.2 Å². The molecule has 2 atom stereocenters. The summed E-state index contributed by atoms with van der Waals surface area (Å²) in [6, 6.07) is 7.69. The molecular formula is C15H17F3N2O3. The van der Waals surface area contributed by atoms with E-state index >= 15 is 0 Å². The summed E-state index contributed by atoms with van der Waals surface area (Å²) in [5.41, 5.74) is 0.602. The second kappa shape index (κ2) is 6.99. The first-order valence-corrected chi connectivity index (χ1v) is 7.05. The van der Waals surface area contributed by atoms with Crippen LogP contribution in [0.5, 0.6) is 0 Å². The highest BCUT2D eigenvalue weighted by molar-refractivity contribution is 5.91. The van der Waals surface area contributed by atoms with E-state index < -0.39 is 36.7 Å². The van der Waals surface area contributed by atoms with Gasteiger partial charge in [-0.1, -0.05) is 30.3 Å². The maximum atomic E-state index is 12.4. The first-order chi connectivity index (χ1) is 10.8. The van der Waals surface area contributed by atoms with E-state index in [-0.39, 0.29) is 13.0 Å². The minimum absolute atomic E-state index is 0.0354. The van der Waals surface area contributed by atoms with Crippen molar-refractivity contribution in [1.29, 1.82) is 0 Å². The summed E-state index contributed by atoms with van der Waals surface area (Å²) >= 11 is 0. The van der Waals surface area contributed by atoms with Gasteiger partial charge >= 0.3 is 6.18 Å². The topological polar surface area (TPSA) is 58.6 Å². The molecule has 0 saturated carbocycles. The second-order valence-electron chi connectivity index (χ2n) is 5.25. The smallest absolute Gasteiger partial charge is 0.367 e. The molecule has 1 aliphatic heterocycles. The second-order valence-corrected chi connectivity index (χ2v) is 5.25. The number of carbonyl (C=O) groups is 2. The van der Waals surface area contributed by atoms with Crippen molar-refractivity contribution in [2.45, 2.75) is 24.7 Å². The van der Waals surface area contributed by atoms with Crippen molar-refractivity contribution in [1.82, 2.24) is 10.2 Å². The average molecular weight is 330 g/mol. The average Bonchev–Trinajstić information content (AvgIpc) is 2.80. The Bertz CT molecular complexity index is 563. The number of rotatable bonds is 5. The summed E-state index contributed by atoms with van der Waals surface area (Å²) in [5.74, 6) is -1.27. The van der Waals surface area contributed by atoms with Gasteiger partial charge in [-0.2, -0.15) is 13.2 Å². The third-order valence-electron chi connectivity index (χ3n) is 3.56. The van der Waals surface area contributed by atoms with Gasteiger partial charge in [0.15, 0.2) is 6.10 Å². The summed E-state index contributed by atoms with van der Waals surface area (Å²) in [6.45, 7) is -1.34. The number of hydrogen-bond acceptors (Lipinski definition) is 3. The Kier molecular flexibility index (Phi) is 5.25. The largest absolute Gasteiger partial charge is 0.406 e. The highest BCUT2D eigenvalue weighted by Gasteiger charge is 2.40. The summed E-state index contributed by atoms with van der Waals surface area (Å²) < 4.78 is 42.3. The molecule has 2 rings (SSSR count). The predicted molar refractivity (Wildman–Crippen MR) is 75.4 cm³/mol. The standard InChI is InChI=1S/C15H17F3N2O3/c1-23-12(10-5-3-2-4-6-10)13(21)19-11-7-8-20(14(11)22)9-15(16,17)18/h2-6,11-12H,7-9H2,1H3,(H,19,21)/t11-,12-/m1/s1. The molecule has 0 radical (unpaired) electrons. The van der Waals surface area contributed by atoms with Crippen molar-refractivity contribution in [3.05, 3.63) is 35.9 Å². The Morgan fingerprint density at radius 1 is 1.39 bits per heavy atom. The van der Waals surface area contributed by atoms with Gasteiger partial charge in [-0.05, 0) is 12.0 Å². The van der Waals surface area contributed by atoms with E-state index in [0.717, 1.165) is 0 Å². The van der Waals surface area contributed by atoms with Gasteiger partial charge in [0.25, 0.3) is 5.91 Å². The molecule has 1 fully saturated rings. The van der Waals surface area contributed by atoms with Crippen LogP contribution in [0.2, 0.25) is 0 Å². The highest BCUT2D eigenvalue weighted by Crippen LogP contribution is 2.22. The van der Waals surface area contributed by atoms with Crippen LogP contribution in [0.25, 0.3) is 0 Å². The molecule has 1 aromatic carbocycles. The van der Waals surface area contributed by atoms with E-state index in [2.05, 4.69) is 5.32 Å². The Balaban J connectivity index is 1.99. The number of nitrogens with one attached hydrogen (secondary N) is 1. The molecule has 1 saturated heterocycles. The molecule has 1 aliphatic rings. The summed E-state index contributed by atoms with van der Waals surface area (Å²) in [6.07, 6.45) is -5.22. The molecule has 1 N–H and O–H groups in total. The number of amides is 2. The molecule has 0 unspecified atom stereocenters. The predicted octanol–water partition coefficient (Wildman–Crippen LogP) is 1.65. The van der Waals surface area contributed by atoms with E-state index in [4.69, 9.17) is 4.74 Å². The molecule has 1 aromatic rings. The van der Waals surface area contributed by atoms with Gasteiger partial charge in [0.2, 0.25) is 5.91 Å². The number of nitrogens with zero attached hydrogens (tertiary/aromatic N) is 1. The SMILES string of the molecule is CO[C@@H](C(=O)N[C@@H]1CCN(CC(F)(F)F)C1=O)c1ccccc1. The number of ether oxygens (including phenoxy) is 1. The molecule has 8 heteroatoms. The lowest BCUT2D eigenvalue weighted by molar-refractivity contribution is -0.158. The Morgan fingerprint density at radius 3 is 2.61 bits per heavy atom. The highest BCUT2D eigenvalue weighted by atomic mass is 19.4. The number of likely N-dealkylation sites (tertiary alicyclic amines) is 1. The Hall–Kier alpha value is -2.09. The maximum Gasteiger partial charge on any atom is 0.406 e. The van der Waals surface area contributed by atoms with Crippen LogP contribution in [-0.2, 0) is 14.3 Å². The summed E-state index contributed by atoms with van der Waals surface area (Å²) in [7, 11) is 1.35. The monoisotopic (exact) mass is 330 g/mol. The van der Waals surface area contributed by atoms with E-state index in [0.29, 0.717) is 10.5 Å². The fourth-order valence-corrected chi connectivity index (χ4v) is 2.52. The number of carbonyl (C=O) groups excluding carboxylic acids is 2. The number of hydrogen-bond donors (Lipinski definition) is 1. The number of benzene rings is 1. The minimum Gasteiger partial charge on any atom is -0.367 e. The Morgan fingerprint density at radius 2 is 2.04 bits per heavy atom. The lowest BCUT2D eigenvalue weighted by Gasteiger charge is -2.20. The van der Waals surface area contributed by atoms with Gasteiger partial charge in [0, 0.05) is 13.7 Å². The van der Waals surface area contributed by atoms with Gasteiger partial charge in [-0.25, -0.2) is 0 Å². The number of methoxy groups -OCH3 is 1. The normalized spacial score (nSPS) is 19.7. The van der Waals surface area contributed by atoms with Crippen molar-refractivity contribution in [3.63, 3.8) is 0 Å².